The lowest BCUT2D eigenvalue weighted by Gasteiger charge is -2.43. The van der Waals surface area contributed by atoms with Crippen molar-refractivity contribution in [1.29, 1.82) is 0 Å². The second kappa shape index (κ2) is 6.80. The van der Waals surface area contributed by atoms with Crippen molar-refractivity contribution in [2.75, 3.05) is 20.2 Å². The van der Waals surface area contributed by atoms with Gasteiger partial charge in [-0.15, -0.1) is 0 Å². The normalized spacial score (nSPS) is 28.5. The number of methoxy groups -OCH3 is 1. The number of nitrogens with zero attached hydrogens (tertiary/aromatic N) is 1. The summed E-state index contributed by atoms with van der Waals surface area (Å²) < 4.78 is 5.58. The molecule has 0 amide bonds. The summed E-state index contributed by atoms with van der Waals surface area (Å²) in [5.74, 6) is 1.02. The van der Waals surface area contributed by atoms with Crippen molar-refractivity contribution in [1.82, 2.24) is 10.2 Å². The van der Waals surface area contributed by atoms with Crippen molar-refractivity contribution < 1.29 is 4.74 Å². The van der Waals surface area contributed by atoms with Gasteiger partial charge >= 0.3 is 0 Å². The van der Waals surface area contributed by atoms with Crippen molar-refractivity contribution in [3.63, 3.8) is 0 Å². The van der Waals surface area contributed by atoms with Crippen molar-refractivity contribution >= 4 is 0 Å². The van der Waals surface area contributed by atoms with Crippen LogP contribution < -0.4 is 10.1 Å². The van der Waals surface area contributed by atoms with Crippen LogP contribution in [0.5, 0.6) is 5.75 Å². The van der Waals surface area contributed by atoms with E-state index in [1.165, 1.54) is 50.8 Å². The van der Waals surface area contributed by atoms with Gasteiger partial charge in [0.1, 0.15) is 5.75 Å². The van der Waals surface area contributed by atoms with Crippen LogP contribution in [-0.4, -0.2) is 37.2 Å². The highest BCUT2D eigenvalue weighted by Crippen LogP contribution is 2.35. The predicted molar refractivity (Wildman–Crippen MR) is 86.8 cm³/mol. The molecular weight excluding hydrogens is 260 g/mol. The van der Waals surface area contributed by atoms with Crippen LogP contribution in [0, 0.1) is 0 Å². The summed E-state index contributed by atoms with van der Waals surface area (Å²) in [5, 5.41) is 3.72. The molecular formula is C18H28N2O. The van der Waals surface area contributed by atoms with E-state index in [4.69, 9.17) is 4.74 Å². The molecule has 3 heteroatoms. The minimum absolute atomic E-state index is 0.425. The molecule has 0 aliphatic carbocycles. The zero-order valence-electron chi connectivity index (χ0n) is 13.3. The van der Waals surface area contributed by atoms with Gasteiger partial charge in [-0.25, -0.2) is 0 Å². The van der Waals surface area contributed by atoms with Gasteiger partial charge in [0.25, 0.3) is 0 Å². The molecule has 1 N–H and O–H groups in total. The average molecular weight is 288 g/mol. The van der Waals surface area contributed by atoms with Gasteiger partial charge in [0.2, 0.25) is 0 Å². The van der Waals surface area contributed by atoms with E-state index in [9.17, 15) is 0 Å². The Morgan fingerprint density at radius 3 is 2.81 bits per heavy atom. The van der Waals surface area contributed by atoms with Crippen LogP contribution in [0.1, 0.15) is 50.6 Å². The Labute approximate surface area is 128 Å². The zero-order chi connectivity index (χ0) is 14.7. The van der Waals surface area contributed by atoms with Crippen LogP contribution in [-0.2, 0) is 0 Å². The second-order valence-electron chi connectivity index (χ2n) is 6.42. The van der Waals surface area contributed by atoms with E-state index < -0.39 is 0 Å². The molecule has 0 radical (unpaired) electrons. The lowest BCUT2D eigenvalue weighted by molar-refractivity contribution is 0.0791. The highest BCUT2D eigenvalue weighted by Gasteiger charge is 2.34. The van der Waals surface area contributed by atoms with Crippen LogP contribution in [0.25, 0.3) is 0 Å². The Bertz CT molecular complexity index is 456. The molecule has 116 valence electrons. The van der Waals surface area contributed by atoms with Crippen molar-refractivity contribution in [2.45, 2.75) is 57.2 Å². The Balaban J connectivity index is 1.81. The smallest absolute Gasteiger partial charge is 0.123 e. The maximum absolute atomic E-state index is 5.58. The minimum atomic E-state index is 0.425. The Kier molecular flexibility index (Phi) is 4.81. The largest absolute Gasteiger partial charge is 0.496 e. The van der Waals surface area contributed by atoms with Gasteiger partial charge in [-0.2, -0.15) is 0 Å². The molecule has 0 saturated carbocycles. The van der Waals surface area contributed by atoms with Gasteiger partial charge in [0, 0.05) is 23.7 Å². The van der Waals surface area contributed by atoms with Crippen molar-refractivity contribution in [2.24, 2.45) is 0 Å². The van der Waals surface area contributed by atoms with Crippen molar-refractivity contribution in [3.8, 4) is 5.75 Å². The molecule has 1 aromatic rings. The third kappa shape index (κ3) is 3.09. The Hall–Kier alpha value is -1.06. The fourth-order valence-electron chi connectivity index (χ4n) is 4.12. The monoisotopic (exact) mass is 288 g/mol. The standard InChI is InChI=1S/C18H28N2O/c1-14(15-8-3-4-11-18(15)21-2)20-13-6-5-10-17(20)16-9-7-12-19-16/h3-4,8,11,14,16-17,19H,5-7,9-10,12-13H2,1-2H3. The van der Waals surface area contributed by atoms with Crippen LogP contribution in [0.3, 0.4) is 0 Å². The molecule has 21 heavy (non-hydrogen) atoms. The van der Waals surface area contributed by atoms with Crippen LogP contribution in [0.4, 0.5) is 0 Å². The minimum Gasteiger partial charge on any atom is -0.496 e. The first-order valence-electron chi connectivity index (χ1n) is 8.43. The lowest BCUT2D eigenvalue weighted by atomic mass is 9.91. The van der Waals surface area contributed by atoms with E-state index in [2.05, 4.69) is 41.4 Å². The molecule has 0 aromatic heterocycles. The van der Waals surface area contributed by atoms with E-state index >= 15 is 0 Å². The van der Waals surface area contributed by atoms with Gasteiger partial charge in [-0.3, -0.25) is 4.90 Å². The van der Waals surface area contributed by atoms with E-state index in [1.807, 2.05) is 0 Å². The molecule has 2 fully saturated rings. The molecule has 0 spiro atoms. The first-order chi connectivity index (χ1) is 10.3. The molecule has 3 atom stereocenters. The number of rotatable bonds is 4. The first kappa shape index (κ1) is 14.9. The first-order valence-corrected chi connectivity index (χ1v) is 8.43. The zero-order valence-corrected chi connectivity index (χ0v) is 13.3. The molecule has 1 aromatic carbocycles. The molecule has 2 aliphatic rings. The Morgan fingerprint density at radius 1 is 1.19 bits per heavy atom. The fourth-order valence-corrected chi connectivity index (χ4v) is 4.12. The number of hydrogen-bond donors (Lipinski definition) is 1. The number of piperidine rings is 1. The highest BCUT2D eigenvalue weighted by molar-refractivity contribution is 5.35. The van der Waals surface area contributed by atoms with E-state index in [1.54, 1.807) is 7.11 Å². The van der Waals surface area contributed by atoms with E-state index in [0.717, 1.165) is 5.75 Å². The van der Waals surface area contributed by atoms with E-state index in [-0.39, 0.29) is 0 Å². The lowest BCUT2D eigenvalue weighted by Crippen LogP contribution is -2.50. The second-order valence-corrected chi connectivity index (χ2v) is 6.42. The Morgan fingerprint density at radius 2 is 2.05 bits per heavy atom. The molecule has 2 aliphatic heterocycles. The number of nitrogens with one attached hydrogen (secondary N) is 1. The maximum atomic E-state index is 5.58. The fraction of sp³-hybridized carbons (Fsp3) is 0.667. The molecule has 0 bridgehead atoms. The third-order valence-corrected chi connectivity index (χ3v) is 5.24. The molecule has 2 heterocycles. The van der Waals surface area contributed by atoms with Gasteiger partial charge in [-0.1, -0.05) is 24.6 Å². The van der Waals surface area contributed by atoms with Crippen molar-refractivity contribution in [3.05, 3.63) is 29.8 Å². The quantitative estimate of drug-likeness (QED) is 0.919. The summed E-state index contributed by atoms with van der Waals surface area (Å²) in [6.07, 6.45) is 6.69. The topological polar surface area (TPSA) is 24.5 Å². The van der Waals surface area contributed by atoms with Gasteiger partial charge in [0.05, 0.1) is 7.11 Å². The summed E-state index contributed by atoms with van der Waals surface area (Å²) in [5.41, 5.74) is 1.32. The SMILES string of the molecule is COc1ccccc1C(C)N1CCCCC1C1CCCN1. The molecule has 2 saturated heterocycles. The third-order valence-electron chi connectivity index (χ3n) is 5.24. The number of benzene rings is 1. The maximum Gasteiger partial charge on any atom is 0.123 e. The van der Waals surface area contributed by atoms with E-state index in [0.29, 0.717) is 18.1 Å². The highest BCUT2D eigenvalue weighted by atomic mass is 16.5. The van der Waals surface area contributed by atoms with Gasteiger partial charge in [-0.05, 0) is 51.8 Å². The number of ether oxygens (including phenoxy) is 1. The summed E-state index contributed by atoms with van der Waals surface area (Å²) in [6, 6.07) is 10.3. The number of para-hydroxylation sites is 1. The summed E-state index contributed by atoms with van der Waals surface area (Å²) in [4.78, 5) is 2.71. The number of likely N-dealkylation sites (tertiary alicyclic amines) is 1. The van der Waals surface area contributed by atoms with Gasteiger partial charge < -0.3 is 10.1 Å². The van der Waals surface area contributed by atoms with Crippen LogP contribution >= 0.6 is 0 Å². The summed E-state index contributed by atoms with van der Waals surface area (Å²) in [6.45, 7) is 4.74. The van der Waals surface area contributed by atoms with Gasteiger partial charge in [0.15, 0.2) is 0 Å². The predicted octanol–water partition coefficient (Wildman–Crippen LogP) is 3.36. The van der Waals surface area contributed by atoms with Crippen LogP contribution in [0.15, 0.2) is 24.3 Å². The molecule has 3 unspecified atom stereocenters. The average Bonchev–Trinajstić information content (AvgIpc) is 3.08. The summed E-state index contributed by atoms with van der Waals surface area (Å²) >= 11 is 0. The molecule has 3 rings (SSSR count). The van der Waals surface area contributed by atoms with Crippen LogP contribution in [0.2, 0.25) is 0 Å². The molecule has 3 nitrogen and oxygen atoms in total. The number of hydrogen-bond acceptors (Lipinski definition) is 3. The summed E-state index contributed by atoms with van der Waals surface area (Å²) in [7, 11) is 1.78.